The Hall–Kier alpha value is -2.04. The highest BCUT2D eigenvalue weighted by Gasteiger charge is 2.10. The van der Waals surface area contributed by atoms with Crippen LogP contribution in [0.3, 0.4) is 0 Å². The standard InChI is InChI=1S/C13H17N3O2/c1-2-3-7-14-13(17)12-6-5-11(18-12)10-16-9-4-8-15-16/h4-6,8-9H,2-3,7,10H2,1H3,(H,14,17). The molecule has 0 atom stereocenters. The first kappa shape index (κ1) is 12.4. The molecule has 0 spiro atoms. The van der Waals surface area contributed by atoms with Gasteiger partial charge >= 0.3 is 0 Å². The third-order valence-corrected chi connectivity index (χ3v) is 2.58. The highest BCUT2D eigenvalue weighted by molar-refractivity contribution is 5.91. The molecular formula is C13H17N3O2. The third-order valence-electron chi connectivity index (χ3n) is 2.58. The van der Waals surface area contributed by atoms with E-state index in [1.54, 1.807) is 23.0 Å². The highest BCUT2D eigenvalue weighted by atomic mass is 16.4. The summed E-state index contributed by atoms with van der Waals surface area (Å²) in [6, 6.07) is 5.35. The van der Waals surface area contributed by atoms with Crippen LogP contribution in [-0.2, 0) is 6.54 Å². The van der Waals surface area contributed by atoms with Crippen molar-refractivity contribution >= 4 is 5.91 Å². The molecule has 1 amide bonds. The number of nitrogens with zero attached hydrogens (tertiary/aromatic N) is 2. The molecule has 0 fully saturated rings. The van der Waals surface area contributed by atoms with E-state index in [1.165, 1.54) is 0 Å². The molecule has 0 saturated heterocycles. The van der Waals surface area contributed by atoms with E-state index in [-0.39, 0.29) is 5.91 Å². The molecule has 0 aromatic carbocycles. The van der Waals surface area contributed by atoms with Gasteiger partial charge in [-0.25, -0.2) is 0 Å². The van der Waals surface area contributed by atoms with Crippen LogP contribution in [0, 0.1) is 0 Å². The maximum Gasteiger partial charge on any atom is 0.286 e. The van der Waals surface area contributed by atoms with Crippen LogP contribution in [-0.4, -0.2) is 22.2 Å². The predicted octanol–water partition coefficient (Wildman–Crippen LogP) is 2.05. The van der Waals surface area contributed by atoms with E-state index in [1.807, 2.05) is 12.3 Å². The summed E-state index contributed by atoms with van der Waals surface area (Å²) in [5.74, 6) is 0.919. The number of amides is 1. The molecule has 5 nitrogen and oxygen atoms in total. The molecular weight excluding hydrogens is 230 g/mol. The van der Waals surface area contributed by atoms with Gasteiger partial charge < -0.3 is 9.73 Å². The molecule has 5 heteroatoms. The third kappa shape index (κ3) is 3.23. The molecule has 2 heterocycles. The molecule has 96 valence electrons. The van der Waals surface area contributed by atoms with Gasteiger partial charge in [-0.05, 0) is 24.6 Å². The Bertz CT molecular complexity index is 488. The fourth-order valence-corrected chi connectivity index (χ4v) is 1.60. The number of unbranched alkanes of at least 4 members (excludes halogenated alkanes) is 1. The monoisotopic (exact) mass is 247 g/mol. The molecule has 1 N–H and O–H groups in total. The van der Waals surface area contributed by atoms with Gasteiger partial charge in [-0.3, -0.25) is 9.48 Å². The van der Waals surface area contributed by atoms with Crippen molar-refractivity contribution < 1.29 is 9.21 Å². The first-order valence-electron chi connectivity index (χ1n) is 6.14. The van der Waals surface area contributed by atoms with E-state index < -0.39 is 0 Å². The normalized spacial score (nSPS) is 10.5. The van der Waals surface area contributed by atoms with Gasteiger partial charge in [-0.2, -0.15) is 5.10 Å². The van der Waals surface area contributed by atoms with Gasteiger partial charge in [0.15, 0.2) is 5.76 Å². The molecule has 0 aliphatic heterocycles. The van der Waals surface area contributed by atoms with E-state index in [2.05, 4.69) is 17.3 Å². The summed E-state index contributed by atoms with van der Waals surface area (Å²) < 4.78 is 7.22. The summed E-state index contributed by atoms with van der Waals surface area (Å²) in [6.07, 6.45) is 5.60. The van der Waals surface area contributed by atoms with Crippen molar-refractivity contribution in [3.05, 3.63) is 42.1 Å². The van der Waals surface area contributed by atoms with Crippen molar-refractivity contribution in [2.24, 2.45) is 0 Å². The topological polar surface area (TPSA) is 60.1 Å². The quantitative estimate of drug-likeness (QED) is 0.795. The fraction of sp³-hybridized carbons (Fsp3) is 0.385. The summed E-state index contributed by atoms with van der Waals surface area (Å²) in [5.41, 5.74) is 0. The van der Waals surface area contributed by atoms with Crippen LogP contribution in [0.5, 0.6) is 0 Å². The minimum atomic E-state index is -0.157. The van der Waals surface area contributed by atoms with Crippen LogP contribution in [0.1, 0.15) is 36.1 Å². The average molecular weight is 247 g/mol. The van der Waals surface area contributed by atoms with Gasteiger partial charge in [0.1, 0.15) is 5.76 Å². The second-order valence-electron chi connectivity index (χ2n) is 4.08. The number of carbonyl (C=O) groups is 1. The lowest BCUT2D eigenvalue weighted by atomic mass is 10.3. The summed E-state index contributed by atoms with van der Waals surface area (Å²) in [7, 11) is 0. The van der Waals surface area contributed by atoms with Crippen molar-refractivity contribution in [3.63, 3.8) is 0 Å². The Morgan fingerprint density at radius 3 is 3.11 bits per heavy atom. The Labute approximate surface area is 106 Å². The fourth-order valence-electron chi connectivity index (χ4n) is 1.60. The van der Waals surface area contributed by atoms with Gasteiger partial charge in [-0.1, -0.05) is 13.3 Å². The average Bonchev–Trinajstić information content (AvgIpc) is 3.01. The number of nitrogens with one attached hydrogen (secondary N) is 1. The molecule has 2 aromatic rings. The highest BCUT2D eigenvalue weighted by Crippen LogP contribution is 2.09. The summed E-state index contributed by atoms with van der Waals surface area (Å²) in [4.78, 5) is 11.7. The minimum absolute atomic E-state index is 0.157. The van der Waals surface area contributed by atoms with Gasteiger partial charge in [0.25, 0.3) is 5.91 Å². The first-order chi connectivity index (χ1) is 8.79. The number of hydrogen-bond acceptors (Lipinski definition) is 3. The van der Waals surface area contributed by atoms with Crippen molar-refractivity contribution in [3.8, 4) is 0 Å². The second-order valence-corrected chi connectivity index (χ2v) is 4.08. The molecule has 0 radical (unpaired) electrons. The number of hydrogen-bond donors (Lipinski definition) is 1. The Morgan fingerprint density at radius 2 is 2.39 bits per heavy atom. The molecule has 0 unspecified atom stereocenters. The van der Waals surface area contributed by atoms with Crippen LogP contribution < -0.4 is 5.32 Å². The van der Waals surface area contributed by atoms with Crippen LogP contribution in [0.4, 0.5) is 0 Å². The Balaban J connectivity index is 1.91. The molecule has 0 saturated carbocycles. The lowest BCUT2D eigenvalue weighted by molar-refractivity contribution is 0.0923. The predicted molar refractivity (Wildman–Crippen MR) is 67.3 cm³/mol. The smallest absolute Gasteiger partial charge is 0.286 e. The van der Waals surface area contributed by atoms with Crippen LogP contribution >= 0.6 is 0 Å². The van der Waals surface area contributed by atoms with Gasteiger partial charge in [-0.15, -0.1) is 0 Å². The molecule has 18 heavy (non-hydrogen) atoms. The van der Waals surface area contributed by atoms with E-state index in [0.29, 0.717) is 18.8 Å². The van der Waals surface area contributed by atoms with E-state index in [9.17, 15) is 4.79 Å². The Kier molecular flexibility index (Phi) is 4.17. The number of aromatic nitrogens is 2. The van der Waals surface area contributed by atoms with Crippen molar-refractivity contribution in [1.29, 1.82) is 0 Å². The summed E-state index contributed by atoms with van der Waals surface area (Å²) in [5, 5.41) is 6.90. The minimum Gasteiger partial charge on any atom is -0.454 e. The first-order valence-corrected chi connectivity index (χ1v) is 6.14. The van der Waals surface area contributed by atoms with Crippen LogP contribution in [0.2, 0.25) is 0 Å². The van der Waals surface area contributed by atoms with Crippen molar-refractivity contribution in [1.82, 2.24) is 15.1 Å². The van der Waals surface area contributed by atoms with E-state index in [0.717, 1.165) is 18.6 Å². The zero-order valence-electron chi connectivity index (χ0n) is 10.4. The maximum absolute atomic E-state index is 11.7. The molecule has 0 aliphatic carbocycles. The van der Waals surface area contributed by atoms with Crippen LogP contribution in [0.15, 0.2) is 35.0 Å². The number of carbonyl (C=O) groups excluding carboxylic acids is 1. The molecule has 0 bridgehead atoms. The van der Waals surface area contributed by atoms with Gasteiger partial charge in [0.05, 0.1) is 6.54 Å². The second kappa shape index (κ2) is 6.05. The summed E-state index contributed by atoms with van der Waals surface area (Å²) in [6.45, 7) is 3.31. The lowest BCUT2D eigenvalue weighted by Crippen LogP contribution is -2.23. The zero-order valence-corrected chi connectivity index (χ0v) is 10.4. The molecule has 2 aromatic heterocycles. The Morgan fingerprint density at radius 1 is 1.50 bits per heavy atom. The lowest BCUT2D eigenvalue weighted by Gasteiger charge is -2.01. The van der Waals surface area contributed by atoms with Crippen LogP contribution in [0.25, 0.3) is 0 Å². The number of furan rings is 1. The van der Waals surface area contributed by atoms with Crippen molar-refractivity contribution in [2.75, 3.05) is 6.54 Å². The van der Waals surface area contributed by atoms with E-state index in [4.69, 9.17) is 4.42 Å². The SMILES string of the molecule is CCCCNC(=O)c1ccc(Cn2cccn2)o1. The van der Waals surface area contributed by atoms with Gasteiger partial charge in [0, 0.05) is 18.9 Å². The molecule has 0 aliphatic rings. The number of rotatable bonds is 6. The van der Waals surface area contributed by atoms with Crippen molar-refractivity contribution in [2.45, 2.75) is 26.3 Å². The zero-order chi connectivity index (χ0) is 12.8. The largest absolute Gasteiger partial charge is 0.454 e. The van der Waals surface area contributed by atoms with E-state index >= 15 is 0 Å². The summed E-state index contributed by atoms with van der Waals surface area (Å²) >= 11 is 0. The maximum atomic E-state index is 11.7. The molecule has 2 rings (SSSR count). The van der Waals surface area contributed by atoms with Gasteiger partial charge in [0.2, 0.25) is 0 Å².